The highest BCUT2D eigenvalue weighted by Gasteiger charge is 2.18. The number of hydrogen-bond donors (Lipinski definition) is 1. The maximum atomic E-state index is 12.5. The van der Waals surface area contributed by atoms with Gasteiger partial charge in [-0.1, -0.05) is 45.4 Å². The number of carbonyl (C=O) groups excluding carboxylic acids is 1. The van der Waals surface area contributed by atoms with Crippen molar-refractivity contribution in [3.63, 3.8) is 0 Å². The zero-order valence-electron chi connectivity index (χ0n) is 17.6. The highest BCUT2D eigenvalue weighted by Crippen LogP contribution is 2.39. The summed E-state index contributed by atoms with van der Waals surface area (Å²) in [5, 5.41) is 3.00. The number of rotatable bonds is 15. The summed E-state index contributed by atoms with van der Waals surface area (Å²) in [7, 11) is 0. The smallest absolute Gasteiger partial charge is 0.251 e. The highest BCUT2D eigenvalue weighted by atomic mass is 16.5. The average Bonchev–Trinajstić information content (AvgIpc) is 2.66. The summed E-state index contributed by atoms with van der Waals surface area (Å²) in [5.41, 5.74) is 0.535. The lowest BCUT2D eigenvalue weighted by Gasteiger charge is -2.17. The Balaban J connectivity index is 2.64. The molecule has 0 spiro atoms. The Labute approximate surface area is 164 Å². The SMILES string of the molecule is CCCCCCCCCNC(=O)c1cc(OCC)c(OCC)c(OCC)c1. The molecule has 27 heavy (non-hydrogen) atoms. The van der Waals surface area contributed by atoms with Crippen molar-refractivity contribution in [3.05, 3.63) is 17.7 Å². The molecule has 0 atom stereocenters. The van der Waals surface area contributed by atoms with Gasteiger partial charge in [-0.3, -0.25) is 4.79 Å². The Kier molecular flexibility index (Phi) is 12.2. The predicted octanol–water partition coefficient (Wildman–Crippen LogP) is 5.36. The number of amides is 1. The molecule has 0 bridgehead atoms. The summed E-state index contributed by atoms with van der Waals surface area (Å²) in [5.74, 6) is 1.55. The summed E-state index contributed by atoms with van der Waals surface area (Å²) < 4.78 is 17.0. The predicted molar refractivity (Wildman–Crippen MR) is 110 cm³/mol. The number of hydrogen-bond acceptors (Lipinski definition) is 4. The summed E-state index contributed by atoms with van der Waals surface area (Å²) >= 11 is 0. The van der Waals surface area contributed by atoms with Gasteiger partial charge in [-0.05, 0) is 39.3 Å². The van der Waals surface area contributed by atoms with E-state index in [1.807, 2.05) is 20.8 Å². The molecule has 1 N–H and O–H groups in total. The van der Waals surface area contributed by atoms with E-state index in [4.69, 9.17) is 14.2 Å². The second kappa shape index (κ2) is 14.2. The monoisotopic (exact) mass is 379 g/mol. The van der Waals surface area contributed by atoms with Gasteiger partial charge in [0.25, 0.3) is 5.91 Å². The largest absolute Gasteiger partial charge is 0.490 e. The Morgan fingerprint density at radius 2 is 1.30 bits per heavy atom. The van der Waals surface area contributed by atoms with Crippen LogP contribution in [0.15, 0.2) is 12.1 Å². The van der Waals surface area contributed by atoms with E-state index >= 15 is 0 Å². The molecule has 0 aliphatic heterocycles. The number of nitrogens with one attached hydrogen (secondary N) is 1. The molecule has 0 saturated carbocycles. The first kappa shape index (κ1) is 23.1. The molecule has 0 saturated heterocycles. The fourth-order valence-corrected chi connectivity index (χ4v) is 2.91. The minimum absolute atomic E-state index is 0.106. The molecule has 0 radical (unpaired) electrons. The quantitative estimate of drug-likeness (QED) is 0.417. The summed E-state index contributed by atoms with van der Waals surface area (Å²) in [6.07, 6.45) is 8.59. The van der Waals surface area contributed by atoms with Gasteiger partial charge < -0.3 is 19.5 Å². The van der Waals surface area contributed by atoms with Gasteiger partial charge in [0.05, 0.1) is 19.8 Å². The van der Waals surface area contributed by atoms with Crippen molar-refractivity contribution in [1.29, 1.82) is 0 Å². The Morgan fingerprint density at radius 1 is 0.778 bits per heavy atom. The average molecular weight is 380 g/mol. The molecule has 0 heterocycles. The van der Waals surface area contributed by atoms with E-state index in [0.717, 1.165) is 12.8 Å². The van der Waals surface area contributed by atoms with Crippen LogP contribution < -0.4 is 19.5 Å². The van der Waals surface area contributed by atoms with Gasteiger partial charge in [0.2, 0.25) is 5.75 Å². The third-order valence-electron chi connectivity index (χ3n) is 4.24. The number of carbonyl (C=O) groups is 1. The number of ether oxygens (including phenoxy) is 3. The minimum atomic E-state index is -0.106. The molecule has 0 unspecified atom stereocenters. The van der Waals surface area contributed by atoms with Gasteiger partial charge in [0.1, 0.15) is 0 Å². The molecule has 1 aromatic rings. The molecule has 0 aliphatic carbocycles. The zero-order chi connectivity index (χ0) is 19.9. The maximum Gasteiger partial charge on any atom is 0.251 e. The van der Waals surface area contributed by atoms with E-state index in [9.17, 15) is 4.79 Å². The van der Waals surface area contributed by atoms with Crippen molar-refractivity contribution in [1.82, 2.24) is 5.32 Å². The molecular weight excluding hydrogens is 342 g/mol. The fraction of sp³-hybridized carbons (Fsp3) is 0.682. The van der Waals surface area contributed by atoms with E-state index in [1.165, 1.54) is 32.1 Å². The van der Waals surface area contributed by atoms with Crippen LogP contribution in [-0.2, 0) is 0 Å². The molecule has 5 heteroatoms. The highest BCUT2D eigenvalue weighted by molar-refractivity contribution is 5.95. The van der Waals surface area contributed by atoms with Crippen LogP contribution in [0.1, 0.15) is 83.0 Å². The third-order valence-corrected chi connectivity index (χ3v) is 4.24. The first-order valence-electron chi connectivity index (χ1n) is 10.5. The molecule has 0 aromatic heterocycles. The van der Waals surface area contributed by atoms with E-state index in [0.29, 0.717) is 49.2 Å². The van der Waals surface area contributed by atoms with Crippen molar-refractivity contribution < 1.29 is 19.0 Å². The summed E-state index contributed by atoms with van der Waals surface area (Å²) in [6.45, 7) is 10.1. The minimum Gasteiger partial charge on any atom is -0.490 e. The first-order chi connectivity index (χ1) is 13.2. The topological polar surface area (TPSA) is 56.8 Å². The lowest BCUT2D eigenvalue weighted by molar-refractivity contribution is 0.0951. The lowest BCUT2D eigenvalue weighted by atomic mass is 10.1. The Morgan fingerprint density at radius 3 is 1.81 bits per heavy atom. The van der Waals surface area contributed by atoms with Crippen LogP contribution >= 0.6 is 0 Å². The van der Waals surface area contributed by atoms with Crippen LogP contribution in [0.25, 0.3) is 0 Å². The molecule has 154 valence electrons. The van der Waals surface area contributed by atoms with Gasteiger partial charge in [-0.25, -0.2) is 0 Å². The zero-order valence-corrected chi connectivity index (χ0v) is 17.6. The first-order valence-corrected chi connectivity index (χ1v) is 10.5. The molecule has 1 amide bonds. The second-order valence-electron chi connectivity index (χ2n) is 6.48. The van der Waals surface area contributed by atoms with E-state index < -0.39 is 0 Å². The molecule has 1 aromatic carbocycles. The van der Waals surface area contributed by atoms with Gasteiger partial charge in [0, 0.05) is 12.1 Å². The van der Waals surface area contributed by atoms with Crippen LogP contribution in [0, 0.1) is 0 Å². The molecule has 5 nitrogen and oxygen atoms in total. The van der Waals surface area contributed by atoms with Crippen molar-refractivity contribution in [2.45, 2.75) is 72.6 Å². The van der Waals surface area contributed by atoms with Gasteiger partial charge >= 0.3 is 0 Å². The van der Waals surface area contributed by atoms with Crippen molar-refractivity contribution in [2.75, 3.05) is 26.4 Å². The van der Waals surface area contributed by atoms with Crippen LogP contribution in [0.3, 0.4) is 0 Å². The molecule has 0 fully saturated rings. The second-order valence-corrected chi connectivity index (χ2v) is 6.48. The van der Waals surface area contributed by atoms with Crippen molar-refractivity contribution in [2.24, 2.45) is 0 Å². The van der Waals surface area contributed by atoms with E-state index in [-0.39, 0.29) is 5.91 Å². The maximum absolute atomic E-state index is 12.5. The Bertz CT molecular complexity index is 518. The normalized spacial score (nSPS) is 10.5. The van der Waals surface area contributed by atoms with Crippen LogP contribution in [0.5, 0.6) is 17.2 Å². The van der Waals surface area contributed by atoms with Crippen molar-refractivity contribution >= 4 is 5.91 Å². The van der Waals surface area contributed by atoms with Gasteiger partial charge in [-0.15, -0.1) is 0 Å². The standard InChI is InChI=1S/C22H37NO4/c1-5-9-10-11-12-13-14-15-23-22(24)18-16-19(25-6-2)21(27-8-4)20(17-18)26-7-3/h16-17H,5-15H2,1-4H3,(H,23,24). The third kappa shape index (κ3) is 8.55. The van der Waals surface area contributed by atoms with Crippen molar-refractivity contribution in [3.8, 4) is 17.2 Å². The van der Waals surface area contributed by atoms with Crippen LogP contribution in [0.2, 0.25) is 0 Å². The van der Waals surface area contributed by atoms with Crippen LogP contribution in [0.4, 0.5) is 0 Å². The molecule has 0 aliphatic rings. The molecular formula is C22H37NO4. The summed E-state index contributed by atoms with van der Waals surface area (Å²) in [4.78, 5) is 12.5. The molecule has 1 rings (SSSR count). The van der Waals surface area contributed by atoms with Crippen LogP contribution in [-0.4, -0.2) is 32.3 Å². The fourth-order valence-electron chi connectivity index (χ4n) is 2.91. The van der Waals surface area contributed by atoms with Gasteiger partial charge in [-0.2, -0.15) is 0 Å². The lowest BCUT2D eigenvalue weighted by Crippen LogP contribution is -2.24. The Hall–Kier alpha value is -1.91. The van der Waals surface area contributed by atoms with Gasteiger partial charge in [0.15, 0.2) is 11.5 Å². The van der Waals surface area contributed by atoms with E-state index in [2.05, 4.69) is 12.2 Å². The van der Waals surface area contributed by atoms with E-state index in [1.54, 1.807) is 12.1 Å². The summed E-state index contributed by atoms with van der Waals surface area (Å²) in [6, 6.07) is 3.47. The number of unbranched alkanes of at least 4 members (excludes halogenated alkanes) is 6. The number of benzene rings is 1.